The Morgan fingerprint density at radius 3 is 2.40 bits per heavy atom. The van der Waals surface area contributed by atoms with E-state index in [2.05, 4.69) is 0 Å². The first-order chi connectivity index (χ1) is 6.88. The number of benzene rings is 1. The monoisotopic (exact) mass is 218 g/mol. The molecule has 0 fully saturated rings. The summed E-state index contributed by atoms with van der Waals surface area (Å²) in [6.07, 6.45) is 0. The molecule has 0 aliphatic heterocycles. The van der Waals surface area contributed by atoms with Gasteiger partial charge in [0.1, 0.15) is 5.82 Å². The van der Waals surface area contributed by atoms with E-state index in [9.17, 15) is 13.2 Å². The maximum atomic E-state index is 13.4. The Labute approximate surface area is 86.5 Å². The minimum Gasteiger partial charge on any atom is -0.377 e. The van der Waals surface area contributed by atoms with E-state index in [-0.39, 0.29) is 11.3 Å². The van der Waals surface area contributed by atoms with Gasteiger partial charge in [-0.25, -0.2) is 4.39 Å². The van der Waals surface area contributed by atoms with E-state index in [1.807, 2.05) is 0 Å². The van der Waals surface area contributed by atoms with Gasteiger partial charge in [0.25, 0.3) is 5.92 Å². The minimum absolute atomic E-state index is 0.270. The Bertz CT molecular complexity index is 351. The van der Waals surface area contributed by atoms with Crippen molar-refractivity contribution in [2.45, 2.75) is 5.92 Å². The highest BCUT2D eigenvalue weighted by Crippen LogP contribution is 2.34. The van der Waals surface area contributed by atoms with Gasteiger partial charge >= 0.3 is 0 Å². The van der Waals surface area contributed by atoms with Gasteiger partial charge in [-0.15, -0.1) is 0 Å². The zero-order valence-electron chi connectivity index (χ0n) is 8.60. The van der Waals surface area contributed by atoms with Crippen LogP contribution in [0.15, 0.2) is 18.2 Å². The number of nitrogens with two attached hydrogens (primary N) is 1. The van der Waals surface area contributed by atoms with Gasteiger partial charge in [-0.2, -0.15) is 8.78 Å². The maximum absolute atomic E-state index is 13.4. The summed E-state index contributed by atoms with van der Waals surface area (Å²) in [4.78, 5) is 1.50. The SMILES string of the molecule is CN(C)c1ccc(F)cc1C(F)(F)CN. The Balaban J connectivity index is 3.30. The highest BCUT2D eigenvalue weighted by atomic mass is 19.3. The molecule has 0 aromatic heterocycles. The van der Waals surface area contributed by atoms with Crippen LogP contribution in [0.4, 0.5) is 18.9 Å². The molecule has 5 heteroatoms. The van der Waals surface area contributed by atoms with E-state index < -0.39 is 18.3 Å². The lowest BCUT2D eigenvalue weighted by Crippen LogP contribution is -2.27. The Kier molecular flexibility index (Phi) is 3.24. The second kappa shape index (κ2) is 4.10. The maximum Gasteiger partial charge on any atom is 0.287 e. The number of anilines is 1. The lowest BCUT2D eigenvalue weighted by molar-refractivity contribution is 0.00620. The summed E-state index contributed by atoms with van der Waals surface area (Å²) in [6, 6.07) is 3.28. The summed E-state index contributed by atoms with van der Waals surface area (Å²) < 4.78 is 39.6. The molecular weight excluding hydrogens is 205 g/mol. The Hall–Kier alpha value is -1.23. The fraction of sp³-hybridized carbons (Fsp3) is 0.400. The van der Waals surface area contributed by atoms with Crippen molar-refractivity contribution in [3.63, 3.8) is 0 Å². The van der Waals surface area contributed by atoms with Gasteiger partial charge in [-0.1, -0.05) is 0 Å². The van der Waals surface area contributed by atoms with Crippen LogP contribution in [0.5, 0.6) is 0 Å². The van der Waals surface area contributed by atoms with Crippen molar-refractivity contribution in [2.75, 3.05) is 25.5 Å². The van der Waals surface area contributed by atoms with E-state index in [1.54, 1.807) is 14.1 Å². The fourth-order valence-electron chi connectivity index (χ4n) is 1.30. The average Bonchev–Trinajstić information content (AvgIpc) is 2.17. The molecule has 2 N–H and O–H groups in total. The van der Waals surface area contributed by atoms with Crippen LogP contribution in [-0.4, -0.2) is 20.6 Å². The topological polar surface area (TPSA) is 29.3 Å². The Morgan fingerprint density at radius 1 is 1.33 bits per heavy atom. The molecule has 15 heavy (non-hydrogen) atoms. The minimum atomic E-state index is -3.21. The standard InChI is InChI=1S/C10H13F3N2/c1-15(2)9-4-3-7(11)5-8(9)10(12,13)6-14/h3-5H,6,14H2,1-2H3. The van der Waals surface area contributed by atoms with Gasteiger partial charge < -0.3 is 10.6 Å². The number of rotatable bonds is 3. The molecule has 0 radical (unpaired) electrons. The smallest absolute Gasteiger partial charge is 0.287 e. The van der Waals surface area contributed by atoms with Crippen molar-refractivity contribution in [3.8, 4) is 0 Å². The van der Waals surface area contributed by atoms with Gasteiger partial charge in [0, 0.05) is 25.3 Å². The van der Waals surface area contributed by atoms with Crippen LogP contribution in [-0.2, 0) is 5.92 Å². The lowest BCUT2D eigenvalue weighted by Gasteiger charge is -2.22. The normalized spacial score (nSPS) is 11.6. The summed E-state index contributed by atoms with van der Waals surface area (Å²) in [5.41, 5.74) is 4.86. The van der Waals surface area contributed by atoms with Crippen molar-refractivity contribution in [2.24, 2.45) is 5.73 Å². The van der Waals surface area contributed by atoms with Crippen molar-refractivity contribution in [1.29, 1.82) is 0 Å². The summed E-state index contributed by atoms with van der Waals surface area (Å²) in [5, 5.41) is 0. The summed E-state index contributed by atoms with van der Waals surface area (Å²) >= 11 is 0. The molecule has 0 unspecified atom stereocenters. The molecule has 0 amide bonds. The van der Waals surface area contributed by atoms with Crippen LogP contribution in [0.3, 0.4) is 0 Å². The third-order valence-electron chi connectivity index (χ3n) is 2.09. The second-order valence-electron chi connectivity index (χ2n) is 3.46. The van der Waals surface area contributed by atoms with Crippen LogP contribution in [0.25, 0.3) is 0 Å². The summed E-state index contributed by atoms with van der Waals surface area (Å²) in [5.74, 6) is -3.90. The van der Waals surface area contributed by atoms with E-state index >= 15 is 0 Å². The first-order valence-electron chi connectivity index (χ1n) is 4.43. The van der Waals surface area contributed by atoms with Crippen molar-refractivity contribution >= 4 is 5.69 Å². The molecule has 1 rings (SSSR count). The zero-order chi connectivity index (χ0) is 11.6. The molecule has 84 valence electrons. The molecule has 0 saturated heterocycles. The summed E-state index contributed by atoms with van der Waals surface area (Å²) in [6.45, 7) is -0.836. The molecule has 1 aromatic rings. The van der Waals surface area contributed by atoms with Gasteiger partial charge in [0.2, 0.25) is 0 Å². The van der Waals surface area contributed by atoms with Gasteiger partial charge in [0.05, 0.1) is 6.54 Å². The van der Waals surface area contributed by atoms with Crippen molar-refractivity contribution in [1.82, 2.24) is 0 Å². The lowest BCUT2D eigenvalue weighted by atomic mass is 10.1. The first-order valence-corrected chi connectivity index (χ1v) is 4.43. The van der Waals surface area contributed by atoms with E-state index in [4.69, 9.17) is 5.73 Å². The van der Waals surface area contributed by atoms with E-state index in [0.717, 1.165) is 12.1 Å². The van der Waals surface area contributed by atoms with Crippen LogP contribution in [0.2, 0.25) is 0 Å². The van der Waals surface area contributed by atoms with Crippen LogP contribution in [0.1, 0.15) is 5.56 Å². The summed E-state index contributed by atoms with van der Waals surface area (Å²) in [7, 11) is 3.23. The molecule has 0 aliphatic rings. The number of nitrogens with zero attached hydrogens (tertiary/aromatic N) is 1. The molecule has 0 spiro atoms. The first kappa shape index (κ1) is 11.8. The molecule has 2 nitrogen and oxygen atoms in total. The predicted molar refractivity (Wildman–Crippen MR) is 53.7 cm³/mol. The third kappa shape index (κ3) is 2.41. The largest absolute Gasteiger partial charge is 0.377 e. The Morgan fingerprint density at radius 2 is 1.93 bits per heavy atom. The fourth-order valence-corrected chi connectivity index (χ4v) is 1.30. The number of alkyl halides is 2. The van der Waals surface area contributed by atoms with Gasteiger partial charge in [0.15, 0.2) is 0 Å². The van der Waals surface area contributed by atoms with E-state index in [1.165, 1.54) is 11.0 Å². The van der Waals surface area contributed by atoms with Crippen LogP contribution in [0, 0.1) is 5.82 Å². The highest BCUT2D eigenvalue weighted by molar-refractivity contribution is 5.54. The number of hydrogen-bond acceptors (Lipinski definition) is 2. The third-order valence-corrected chi connectivity index (χ3v) is 2.09. The van der Waals surface area contributed by atoms with Gasteiger partial charge in [-0.05, 0) is 18.2 Å². The zero-order valence-corrected chi connectivity index (χ0v) is 8.60. The molecular formula is C10H13F3N2. The van der Waals surface area contributed by atoms with Crippen LogP contribution < -0.4 is 10.6 Å². The van der Waals surface area contributed by atoms with Crippen molar-refractivity contribution in [3.05, 3.63) is 29.6 Å². The van der Waals surface area contributed by atoms with E-state index in [0.29, 0.717) is 0 Å². The molecule has 0 atom stereocenters. The van der Waals surface area contributed by atoms with Crippen LogP contribution >= 0.6 is 0 Å². The highest BCUT2D eigenvalue weighted by Gasteiger charge is 2.33. The number of halogens is 3. The molecule has 0 heterocycles. The molecule has 0 saturated carbocycles. The molecule has 0 bridgehead atoms. The average molecular weight is 218 g/mol. The van der Waals surface area contributed by atoms with Crippen molar-refractivity contribution < 1.29 is 13.2 Å². The molecule has 1 aromatic carbocycles. The number of hydrogen-bond donors (Lipinski definition) is 1. The molecule has 0 aliphatic carbocycles. The predicted octanol–water partition coefficient (Wildman–Crippen LogP) is 1.94. The quantitative estimate of drug-likeness (QED) is 0.840. The van der Waals surface area contributed by atoms with Gasteiger partial charge in [-0.3, -0.25) is 0 Å². The second-order valence-corrected chi connectivity index (χ2v) is 3.46.